The SMILES string of the molecule is C[C@@H]1CC2=C(C=C1n1c3c(c4ccccc41)=CC(C1=CCC4C(=C1)c1ccccc1N4C1=CC(C4=CCCC=C4)=CCC1)CC=3)C1=C(CCC=C1)C2(C)C. The third-order valence-electron chi connectivity index (χ3n) is 13.9. The zero-order chi connectivity index (χ0) is 36.1. The quantitative estimate of drug-likeness (QED) is 0.263. The lowest BCUT2D eigenvalue weighted by Crippen LogP contribution is -2.35. The highest BCUT2D eigenvalue weighted by atomic mass is 15.2. The molecule has 2 heteroatoms. The van der Waals surface area contributed by atoms with Crippen molar-refractivity contribution in [2.45, 2.75) is 84.6 Å². The average molecular weight is 703 g/mol. The van der Waals surface area contributed by atoms with Crippen molar-refractivity contribution in [3.8, 4) is 0 Å². The summed E-state index contributed by atoms with van der Waals surface area (Å²) in [6, 6.07) is 18.7. The van der Waals surface area contributed by atoms with Crippen molar-refractivity contribution in [3.63, 3.8) is 0 Å². The van der Waals surface area contributed by atoms with Gasteiger partial charge in [0.15, 0.2) is 0 Å². The predicted octanol–water partition coefficient (Wildman–Crippen LogP) is 11.6. The molecule has 1 aromatic heterocycles. The van der Waals surface area contributed by atoms with Crippen LogP contribution in [0.5, 0.6) is 0 Å². The Morgan fingerprint density at radius 1 is 0.722 bits per heavy atom. The van der Waals surface area contributed by atoms with Crippen molar-refractivity contribution < 1.29 is 0 Å². The number of anilines is 1. The van der Waals surface area contributed by atoms with Crippen LogP contribution in [0.3, 0.4) is 0 Å². The van der Waals surface area contributed by atoms with Crippen molar-refractivity contribution >= 4 is 40.0 Å². The molecule has 0 spiro atoms. The Kier molecular flexibility index (Phi) is 7.32. The van der Waals surface area contributed by atoms with Gasteiger partial charge < -0.3 is 9.47 Å². The molecule has 3 aromatic rings. The molecule has 2 aromatic carbocycles. The first-order chi connectivity index (χ1) is 26.5. The second-order valence-corrected chi connectivity index (χ2v) is 17.3. The molecule has 0 amide bonds. The van der Waals surface area contributed by atoms with Crippen LogP contribution in [0.15, 0.2) is 154 Å². The van der Waals surface area contributed by atoms with Gasteiger partial charge in [0.1, 0.15) is 0 Å². The van der Waals surface area contributed by atoms with E-state index in [-0.39, 0.29) is 5.41 Å². The lowest BCUT2D eigenvalue weighted by atomic mass is 9.73. The van der Waals surface area contributed by atoms with Gasteiger partial charge in [-0.1, -0.05) is 129 Å². The molecule has 0 fully saturated rings. The molecule has 0 radical (unpaired) electrons. The number of para-hydroxylation sites is 2. The number of rotatable bonds is 4. The number of nitrogens with zero attached hydrogens (tertiary/aromatic N) is 2. The molecule has 0 N–H and O–H groups in total. The molecular weight excluding hydrogens is 653 g/mol. The molecular formula is C52H50N2. The smallest absolute Gasteiger partial charge is 0.0629 e. The van der Waals surface area contributed by atoms with Gasteiger partial charge in [0, 0.05) is 55.8 Å². The maximum Gasteiger partial charge on any atom is 0.0629 e. The molecule has 7 aliphatic carbocycles. The summed E-state index contributed by atoms with van der Waals surface area (Å²) in [6.45, 7) is 7.40. The van der Waals surface area contributed by atoms with E-state index in [1.807, 2.05) is 0 Å². The maximum atomic E-state index is 2.68. The molecule has 3 atom stereocenters. The van der Waals surface area contributed by atoms with E-state index in [2.05, 4.69) is 152 Å². The summed E-state index contributed by atoms with van der Waals surface area (Å²) in [5.74, 6) is 0.817. The molecule has 1 aliphatic heterocycles. The first-order valence-electron chi connectivity index (χ1n) is 20.7. The molecule has 0 saturated heterocycles. The van der Waals surface area contributed by atoms with E-state index < -0.39 is 0 Å². The van der Waals surface area contributed by atoms with E-state index in [0.29, 0.717) is 17.9 Å². The lowest BCUT2D eigenvalue weighted by Gasteiger charge is -2.34. The normalized spacial score (nSPS) is 26.4. The van der Waals surface area contributed by atoms with Gasteiger partial charge in [0.05, 0.1) is 11.6 Å². The van der Waals surface area contributed by atoms with Gasteiger partial charge in [-0.3, -0.25) is 0 Å². The number of benzene rings is 2. The highest BCUT2D eigenvalue weighted by Gasteiger charge is 2.42. The van der Waals surface area contributed by atoms with Gasteiger partial charge in [-0.15, -0.1) is 0 Å². The van der Waals surface area contributed by atoms with Crippen LogP contribution >= 0.6 is 0 Å². The second-order valence-electron chi connectivity index (χ2n) is 17.3. The largest absolute Gasteiger partial charge is 0.337 e. The maximum absolute atomic E-state index is 2.68. The first kappa shape index (κ1) is 32.4. The summed E-state index contributed by atoms with van der Waals surface area (Å²) in [4.78, 5) is 2.68. The second kappa shape index (κ2) is 12.2. The van der Waals surface area contributed by atoms with Crippen LogP contribution < -0.4 is 15.5 Å². The number of allylic oxidation sites excluding steroid dienone is 18. The Labute approximate surface area is 320 Å². The van der Waals surface area contributed by atoms with Gasteiger partial charge in [-0.25, -0.2) is 0 Å². The van der Waals surface area contributed by atoms with E-state index >= 15 is 0 Å². The monoisotopic (exact) mass is 702 g/mol. The molecule has 268 valence electrons. The van der Waals surface area contributed by atoms with E-state index in [1.165, 1.54) is 90.4 Å². The fraction of sp³-hybridized carbons (Fsp3) is 0.308. The Morgan fingerprint density at radius 3 is 2.48 bits per heavy atom. The Bertz CT molecular complexity index is 2620. The topological polar surface area (TPSA) is 8.17 Å². The number of fused-ring (bicyclic) bond motifs is 7. The molecule has 0 bridgehead atoms. The zero-order valence-corrected chi connectivity index (χ0v) is 32.0. The first-order valence-corrected chi connectivity index (χ1v) is 20.7. The molecule has 8 aliphatic rings. The van der Waals surface area contributed by atoms with Crippen LogP contribution in [-0.4, -0.2) is 10.6 Å². The van der Waals surface area contributed by atoms with E-state index in [4.69, 9.17) is 0 Å². The van der Waals surface area contributed by atoms with Crippen molar-refractivity contribution in [1.82, 2.24) is 4.57 Å². The molecule has 11 rings (SSSR count). The van der Waals surface area contributed by atoms with Gasteiger partial charge >= 0.3 is 0 Å². The lowest BCUT2D eigenvalue weighted by molar-refractivity contribution is 0.481. The van der Waals surface area contributed by atoms with Crippen LogP contribution in [0.1, 0.15) is 84.1 Å². The molecule has 2 heterocycles. The van der Waals surface area contributed by atoms with E-state index in [1.54, 1.807) is 11.1 Å². The van der Waals surface area contributed by atoms with Crippen LogP contribution in [0.25, 0.3) is 34.3 Å². The van der Waals surface area contributed by atoms with Crippen LogP contribution in [0.4, 0.5) is 5.69 Å². The summed E-state index contributed by atoms with van der Waals surface area (Å²) in [5, 5.41) is 4.17. The van der Waals surface area contributed by atoms with Crippen LogP contribution in [-0.2, 0) is 0 Å². The number of hydrogen-bond acceptors (Lipinski definition) is 1. The average Bonchev–Trinajstić information content (AvgIpc) is 3.80. The predicted molar refractivity (Wildman–Crippen MR) is 228 cm³/mol. The van der Waals surface area contributed by atoms with E-state index in [9.17, 15) is 0 Å². The molecule has 0 saturated carbocycles. The summed E-state index contributed by atoms with van der Waals surface area (Å²) in [6.07, 6.45) is 39.8. The van der Waals surface area contributed by atoms with E-state index in [0.717, 1.165) is 44.9 Å². The fourth-order valence-electron chi connectivity index (χ4n) is 11.3. The van der Waals surface area contributed by atoms with Crippen LogP contribution in [0, 0.1) is 17.3 Å². The minimum absolute atomic E-state index is 0.160. The van der Waals surface area contributed by atoms with Gasteiger partial charge in [0.25, 0.3) is 0 Å². The molecule has 2 nitrogen and oxygen atoms in total. The molecule has 54 heavy (non-hydrogen) atoms. The van der Waals surface area contributed by atoms with Gasteiger partial charge in [-0.2, -0.15) is 0 Å². The third kappa shape index (κ3) is 4.78. The fourth-order valence-corrected chi connectivity index (χ4v) is 11.3. The molecule has 2 unspecified atom stereocenters. The Morgan fingerprint density at radius 2 is 1.57 bits per heavy atom. The van der Waals surface area contributed by atoms with Crippen molar-refractivity contribution in [3.05, 3.63) is 170 Å². The Hall–Kier alpha value is -5.08. The van der Waals surface area contributed by atoms with Crippen LogP contribution in [0.2, 0.25) is 0 Å². The van der Waals surface area contributed by atoms with Gasteiger partial charge in [0.2, 0.25) is 0 Å². The summed E-state index contributed by atoms with van der Waals surface area (Å²) < 4.78 is 2.64. The minimum atomic E-state index is 0.160. The van der Waals surface area contributed by atoms with Crippen molar-refractivity contribution in [2.75, 3.05) is 4.90 Å². The summed E-state index contributed by atoms with van der Waals surface area (Å²) >= 11 is 0. The Balaban J connectivity index is 0.969. The van der Waals surface area contributed by atoms with Crippen molar-refractivity contribution in [1.29, 1.82) is 0 Å². The zero-order valence-electron chi connectivity index (χ0n) is 32.0. The standard InChI is InChI=1S/C52H50N2/c1-33-28-46-42(39-18-7-10-21-45(39)52(46,2)3)32-51(33)54-48-23-12-9-20-41(48)44-31-37(25-27-50(44)54)36-24-26-49-43(30-36)40-19-8-11-22-47(40)53(49)38-17-13-16-35(29-38)34-14-5-4-6-15-34/h5,7-9,11-12,14-16,18-20,22-24,27,29-33,37,49H,4,6,10,13,17,21,25-26,28H2,1-3H3/t33-,37?,49?/m1/s1. The van der Waals surface area contributed by atoms with Gasteiger partial charge in [-0.05, 0) is 116 Å². The third-order valence-corrected chi connectivity index (χ3v) is 13.9. The number of hydrogen-bond donors (Lipinski definition) is 0. The number of aromatic nitrogens is 1. The minimum Gasteiger partial charge on any atom is -0.337 e. The highest BCUT2D eigenvalue weighted by Crippen LogP contribution is 2.56. The summed E-state index contributed by atoms with van der Waals surface area (Å²) in [7, 11) is 0. The highest BCUT2D eigenvalue weighted by molar-refractivity contribution is 5.92. The van der Waals surface area contributed by atoms with Crippen molar-refractivity contribution in [2.24, 2.45) is 17.3 Å². The summed E-state index contributed by atoms with van der Waals surface area (Å²) in [5.41, 5.74) is 19.3.